The molecule has 68 valence electrons. The van der Waals surface area contributed by atoms with Crippen molar-refractivity contribution in [2.45, 2.75) is 39.5 Å². The lowest BCUT2D eigenvalue weighted by Crippen LogP contribution is -1.61. The Hall–Kier alpha value is -0.780. The van der Waals surface area contributed by atoms with E-state index in [4.69, 9.17) is 0 Å². The third kappa shape index (κ3) is 9.22. The lowest BCUT2D eigenvalue weighted by atomic mass is 10.2. The van der Waals surface area contributed by atoms with Gasteiger partial charge in [-0.2, -0.15) is 0 Å². The minimum absolute atomic E-state index is 1.06. The molecule has 0 heterocycles. The smallest absolute Gasteiger partial charge is 0.0166 e. The van der Waals surface area contributed by atoms with Gasteiger partial charge in [0.25, 0.3) is 0 Å². The van der Waals surface area contributed by atoms with E-state index in [9.17, 15) is 0 Å². The summed E-state index contributed by atoms with van der Waals surface area (Å²) in [4.78, 5) is 0. The van der Waals surface area contributed by atoms with E-state index in [2.05, 4.69) is 50.3 Å². The molecule has 0 aliphatic carbocycles. The van der Waals surface area contributed by atoms with Crippen molar-refractivity contribution in [2.24, 2.45) is 0 Å². The van der Waals surface area contributed by atoms with E-state index in [1.54, 1.807) is 0 Å². The van der Waals surface area contributed by atoms with Gasteiger partial charge in [-0.3, -0.25) is 0 Å². The molecule has 0 N–H and O–H groups in total. The van der Waals surface area contributed by atoms with Crippen molar-refractivity contribution in [3.05, 3.63) is 36.5 Å². The lowest BCUT2D eigenvalue weighted by molar-refractivity contribution is 0.954. The van der Waals surface area contributed by atoms with Crippen LogP contribution in [0.5, 0.6) is 0 Å². The molecule has 0 fully saturated rings. The van der Waals surface area contributed by atoms with Crippen molar-refractivity contribution in [2.75, 3.05) is 0 Å². The van der Waals surface area contributed by atoms with E-state index in [-0.39, 0.29) is 0 Å². The molecule has 0 aromatic heterocycles. The van der Waals surface area contributed by atoms with Gasteiger partial charge < -0.3 is 0 Å². The third-order valence-corrected chi connectivity index (χ3v) is 1.51. The monoisotopic (exact) mass is 164 g/mol. The molecule has 0 unspecified atom stereocenters. The number of hydrogen-bond acceptors (Lipinski definition) is 0. The summed E-state index contributed by atoms with van der Waals surface area (Å²) in [7, 11) is 0. The quantitative estimate of drug-likeness (QED) is 0.406. The number of hydrogen-bond donors (Lipinski definition) is 0. The number of rotatable bonds is 6. The normalized spacial score (nSPS) is 12.5. The second-order valence-electron chi connectivity index (χ2n) is 2.76. The molecule has 0 bridgehead atoms. The van der Waals surface area contributed by atoms with E-state index in [0.717, 1.165) is 12.8 Å². The Bertz CT molecular complexity index is 149. The van der Waals surface area contributed by atoms with Gasteiger partial charge in [-0.15, -0.1) is 0 Å². The summed E-state index contributed by atoms with van der Waals surface area (Å²) in [6, 6.07) is 0. The summed E-state index contributed by atoms with van der Waals surface area (Å²) in [5, 5.41) is 0. The summed E-state index contributed by atoms with van der Waals surface area (Å²) in [6.45, 7) is 4.34. The molecule has 0 heteroatoms. The van der Waals surface area contributed by atoms with Crippen LogP contribution in [0.2, 0.25) is 0 Å². The topological polar surface area (TPSA) is 0 Å². The van der Waals surface area contributed by atoms with Gasteiger partial charge in [0, 0.05) is 0 Å². The Morgan fingerprint density at radius 1 is 0.833 bits per heavy atom. The molecule has 0 radical (unpaired) electrons. The molecule has 0 aromatic carbocycles. The van der Waals surface area contributed by atoms with E-state index in [0.29, 0.717) is 0 Å². The second-order valence-corrected chi connectivity index (χ2v) is 2.76. The molecule has 0 aromatic rings. The van der Waals surface area contributed by atoms with E-state index in [1.165, 1.54) is 12.8 Å². The molecular formula is C12H20. The largest absolute Gasteiger partial charge is 0.0882 e. The van der Waals surface area contributed by atoms with Gasteiger partial charge in [0.1, 0.15) is 0 Å². The van der Waals surface area contributed by atoms with Gasteiger partial charge in [0.15, 0.2) is 0 Å². The van der Waals surface area contributed by atoms with Crippen molar-refractivity contribution in [1.29, 1.82) is 0 Å². The lowest BCUT2D eigenvalue weighted by Gasteiger charge is -1.82. The van der Waals surface area contributed by atoms with Crippen LogP contribution in [0, 0.1) is 0 Å². The standard InChI is InChI=1S/C12H20/c1-3-5-7-9-11-12-10-8-6-4-2/h5,7-11H,3-4,6,12H2,1-2H3/b7-5+,10-8-,11-9+. The molecular weight excluding hydrogens is 144 g/mol. The predicted molar refractivity (Wildman–Crippen MR) is 57.2 cm³/mol. The molecule has 0 nitrogen and oxygen atoms in total. The van der Waals surface area contributed by atoms with Crippen LogP contribution in [0.15, 0.2) is 36.5 Å². The van der Waals surface area contributed by atoms with Crippen LogP contribution in [0.3, 0.4) is 0 Å². The zero-order valence-corrected chi connectivity index (χ0v) is 8.29. The van der Waals surface area contributed by atoms with Gasteiger partial charge in [-0.25, -0.2) is 0 Å². The molecule has 0 aliphatic rings. The third-order valence-electron chi connectivity index (χ3n) is 1.51. The molecule has 12 heavy (non-hydrogen) atoms. The maximum atomic E-state index is 2.24. The maximum absolute atomic E-state index is 2.24. The van der Waals surface area contributed by atoms with Crippen molar-refractivity contribution < 1.29 is 0 Å². The Morgan fingerprint density at radius 2 is 1.58 bits per heavy atom. The average molecular weight is 164 g/mol. The summed E-state index contributed by atoms with van der Waals surface area (Å²) >= 11 is 0. The van der Waals surface area contributed by atoms with Gasteiger partial charge >= 0.3 is 0 Å². The molecule has 0 saturated carbocycles. The highest BCUT2D eigenvalue weighted by atomic mass is 13.8. The molecule has 0 amide bonds. The fourth-order valence-electron chi connectivity index (χ4n) is 0.831. The Labute approximate surface area is 76.7 Å². The minimum atomic E-state index is 1.06. The summed E-state index contributed by atoms with van der Waals surface area (Å²) < 4.78 is 0. The van der Waals surface area contributed by atoms with Crippen LogP contribution in [0.1, 0.15) is 39.5 Å². The van der Waals surface area contributed by atoms with Gasteiger partial charge in [-0.1, -0.05) is 56.7 Å². The van der Waals surface area contributed by atoms with Crippen molar-refractivity contribution in [3.63, 3.8) is 0 Å². The first-order valence-electron chi connectivity index (χ1n) is 4.88. The van der Waals surface area contributed by atoms with Crippen LogP contribution in [-0.2, 0) is 0 Å². The summed E-state index contributed by atoms with van der Waals surface area (Å²) in [6.07, 6.45) is 17.7. The zero-order chi connectivity index (χ0) is 9.07. The van der Waals surface area contributed by atoms with E-state index in [1.807, 2.05) is 0 Å². The Morgan fingerprint density at radius 3 is 2.25 bits per heavy atom. The van der Waals surface area contributed by atoms with Gasteiger partial charge in [0.05, 0.1) is 0 Å². The molecule has 0 spiro atoms. The van der Waals surface area contributed by atoms with E-state index < -0.39 is 0 Å². The first-order chi connectivity index (χ1) is 5.91. The summed E-state index contributed by atoms with van der Waals surface area (Å²) in [5.74, 6) is 0. The highest BCUT2D eigenvalue weighted by Crippen LogP contribution is 1.92. The fourth-order valence-corrected chi connectivity index (χ4v) is 0.831. The number of unbranched alkanes of at least 4 members (excludes halogenated alkanes) is 1. The SMILES string of the molecule is CC/C=C/C=C/C/C=C\CCC. The molecule has 0 aliphatic heterocycles. The van der Waals surface area contributed by atoms with Gasteiger partial charge in [-0.05, 0) is 19.3 Å². The first kappa shape index (κ1) is 11.2. The van der Waals surface area contributed by atoms with Crippen LogP contribution in [0.25, 0.3) is 0 Å². The van der Waals surface area contributed by atoms with E-state index >= 15 is 0 Å². The Balaban J connectivity index is 3.29. The van der Waals surface area contributed by atoms with Crippen LogP contribution in [-0.4, -0.2) is 0 Å². The first-order valence-corrected chi connectivity index (χ1v) is 4.88. The average Bonchev–Trinajstić information content (AvgIpc) is 2.10. The minimum Gasteiger partial charge on any atom is -0.0882 e. The zero-order valence-electron chi connectivity index (χ0n) is 8.29. The molecule has 0 atom stereocenters. The van der Waals surface area contributed by atoms with Crippen LogP contribution < -0.4 is 0 Å². The van der Waals surface area contributed by atoms with Crippen molar-refractivity contribution >= 4 is 0 Å². The highest BCUT2D eigenvalue weighted by molar-refractivity contribution is 5.04. The second kappa shape index (κ2) is 10.2. The van der Waals surface area contributed by atoms with Crippen LogP contribution >= 0.6 is 0 Å². The fraction of sp³-hybridized carbons (Fsp3) is 0.500. The van der Waals surface area contributed by atoms with Gasteiger partial charge in [0.2, 0.25) is 0 Å². The Kier molecular flexibility index (Phi) is 9.56. The van der Waals surface area contributed by atoms with Crippen molar-refractivity contribution in [1.82, 2.24) is 0 Å². The molecule has 0 saturated heterocycles. The summed E-state index contributed by atoms with van der Waals surface area (Å²) in [5.41, 5.74) is 0. The van der Waals surface area contributed by atoms with Crippen molar-refractivity contribution in [3.8, 4) is 0 Å². The molecule has 0 rings (SSSR count). The maximum Gasteiger partial charge on any atom is -0.0166 e. The highest BCUT2D eigenvalue weighted by Gasteiger charge is 1.71. The predicted octanol–water partition coefficient (Wildman–Crippen LogP) is 4.26. The number of allylic oxidation sites excluding steroid dienone is 6. The van der Waals surface area contributed by atoms with Crippen LogP contribution in [0.4, 0.5) is 0 Å².